The van der Waals surface area contributed by atoms with Gasteiger partial charge in [-0.25, -0.2) is 17.8 Å². The predicted molar refractivity (Wildman–Crippen MR) is 128 cm³/mol. The van der Waals surface area contributed by atoms with Crippen molar-refractivity contribution in [2.75, 3.05) is 0 Å². The molecule has 0 bridgehead atoms. The van der Waals surface area contributed by atoms with Crippen LogP contribution in [0.1, 0.15) is 46.8 Å². The second kappa shape index (κ2) is 11.4. The highest BCUT2D eigenvalue weighted by Crippen LogP contribution is 2.29. The number of hydrogen-bond donors (Lipinski definition) is 2. The van der Waals surface area contributed by atoms with Gasteiger partial charge in [0.1, 0.15) is 16.3 Å². The lowest BCUT2D eigenvalue weighted by Gasteiger charge is -2.14. The van der Waals surface area contributed by atoms with Crippen LogP contribution < -0.4 is 16.6 Å². The molecule has 0 atom stereocenters. The second-order valence-electron chi connectivity index (χ2n) is 8.05. The first-order valence-corrected chi connectivity index (χ1v) is 12.4. The Morgan fingerprint density at radius 2 is 1.69 bits per heavy atom. The summed E-state index contributed by atoms with van der Waals surface area (Å²) in [6.07, 6.45) is -2.32. The largest absolute Gasteiger partial charge is 0.416 e. The summed E-state index contributed by atoms with van der Waals surface area (Å²) in [6.45, 7) is 2.04. The number of nitrogens with zero attached hydrogens (tertiary/aromatic N) is 2. The number of rotatable bonds is 9. The fraction of sp³-hybridized carbons (Fsp3) is 0.292. The average molecular weight is 524 g/mol. The maximum Gasteiger partial charge on any atom is 0.416 e. The number of aromatic nitrogens is 2. The van der Waals surface area contributed by atoms with E-state index in [-0.39, 0.29) is 24.5 Å². The molecule has 8 nitrogen and oxygen atoms in total. The Labute approximate surface area is 206 Å². The van der Waals surface area contributed by atoms with Crippen molar-refractivity contribution in [1.82, 2.24) is 14.5 Å². The highest BCUT2D eigenvalue weighted by atomic mass is 32.2. The molecule has 1 N–H and O–H groups in total. The van der Waals surface area contributed by atoms with Crippen molar-refractivity contribution < 1.29 is 26.4 Å². The van der Waals surface area contributed by atoms with Crippen LogP contribution >= 0.6 is 0 Å². The molecular formula is C24H24F3N3O5S. The van der Waals surface area contributed by atoms with Crippen LogP contribution in [0.5, 0.6) is 0 Å². The Morgan fingerprint density at radius 1 is 1.03 bits per heavy atom. The van der Waals surface area contributed by atoms with Gasteiger partial charge in [0, 0.05) is 19.3 Å². The van der Waals surface area contributed by atoms with Gasteiger partial charge in [-0.15, -0.1) is 0 Å². The van der Waals surface area contributed by atoms with Crippen molar-refractivity contribution in [2.24, 2.45) is 0 Å². The van der Waals surface area contributed by atoms with Gasteiger partial charge >= 0.3 is 11.9 Å². The van der Waals surface area contributed by atoms with Gasteiger partial charge in [0.05, 0.1) is 17.0 Å². The molecule has 0 spiro atoms. The van der Waals surface area contributed by atoms with E-state index < -0.39 is 45.2 Å². The molecule has 0 saturated carbocycles. The van der Waals surface area contributed by atoms with E-state index in [2.05, 4.69) is 5.32 Å². The zero-order valence-electron chi connectivity index (χ0n) is 19.2. The second-order valence-corrected chi connectivity index (χ2v) is 9.03. The van der Waals surface area contributed by atoms with E-state index in [1.54, 1.807) is 24.3 Å². The molecule has 0 radical (unpaired) electrons. The molecule has 3 rings (SSSR count). The van der Waals surface area contributed by atoms with Crippen LogP contribution in [0.3, 0.4) is 0 Å². The third kappa shape index (κ3) is 6.51. The van der Waals surface area contributed by atoms with Crippen LogP contribution in [0.4, 0.5) is 13.2 Å². The molecule has 0 aliphatic heterocycles. The van der Waals surface area contributed by atoms with Gasteiger partial charge in [-0.05, 0) is 35.7 Å². The minimum atomic E-state index is -4.69. The Morgan fingerprint density at radius 3 is 2.31 bits per heavy atom. The quantitative estimate of drug-likeness (QED) is 0.420. The SMILES string of the molecule is CCCCn1cc(C(=O)NCc2ccc(C[SH](=O)=O)cc2)c(=O)n(-c2cccc(C(F)(F)F)c2)c1=O. The van der Waals surface area contributed by atoms with Crippen molar-refractivity contribution >= 4 is 16.6 Å². The van der Waals surface area contributed by atoms with E-state index in [0.29, 0.717) is 34.6 Å². The molecule has 2 aromatic carbocycles. The maximum absolute atomic E-state index is 13.2. The molecule has 1 aromatic heterocycles. The number of carbonyl (C=O) groups is 1. The summed E-state index contributed by atoms with van der Waals surface area (Å²) >= 11 is 0. The number of alkyl halides is 3. The van der Waals surface area contributed by atoms with E-state index in [1.807, 2.05) is 6.92 Å². The number of thiol groups is 1. The first kappa shape index (κ1) is 26.9. The molecular weight excluding hydrogens is 499 g/mol. The highest BCUT2D eigenvalue weighted by molar-refractivity contribution is 7.71. The van der Waals surface area contributed by atoms with Gasteiger partial charge in [0.2, 0.25) is 0 Å². The maximum atomic E-state index is 13.2. The number of hydrogen-bond acceptors (Lipinski definition) is 5. The number of carbonyl (C=O) groups excluding carboxylic acids is 1. The molecule has 0 fully saturated rings. The lowest BCUT2D eigenvalue weighted by molar-refractivity contribution is -0.137. The summed E-state index contributed by atoms with van der Waals surface area (Å²) in [4.78, 5) is 39.0. The minimum Gasteiger partial charge on any atom is -0.348 e. The number of benzene rings is 2. The molecule has 0 aliphatic carbocycles. The van der Waals surface area contributed by atoms with Crippen molar-refractivity contribution in [3.63, 3.8) is 0 Å². The van der Waals surface area contributed by atoms with Crippen molar-refractivity contribution in [3.05, 3.63) is 97.8 Å². The molecule has 0 saturated heterocycles. The fourth-order valence-corrected chi connectivity index (χ4v) is 3.99. The van der Waals surface area contributed by atoms with Crippen LogP contribution in [0.25, 0.3) is 5.69 Å². The van der Waals surface area contributed by atoms with Crippen molar-refractivity contribution in [2.45, 2.75) is 44.8 Å². The Bertz CT molecular complexity index is 1430. The molecule has 192 valence electrons. The summed E-state index contributed by atoms with van der Waals surface area (Å²) in [5.41, 5.74) is -2.42. The molecule has 0 unspecified atom stereocenters. The summed E-state index contributed by atoms with van der Waals surface area (Å²) in [7, 11) is -2.58. The third-order valence-corrected chi connectivity index (χ3v) is 6.00. The fourth-order valence-electron chi connectivity index (χ4n) is 3.48. The van der Waals surface area contributed by atoms with Crippen LogP contribution in [0.15, 0.2) is 64.3 Å². The van der Waals surface area contributed by atoms with Gasteiger partial charge in [-0.3, -0.25) is 14.2 Å². The van der Waals surface area contributed by atoms with Gasteiger partial charge in [-0.2, -0.15) is 13.2 Å². The molecule has 1 amide bonds. The normalized spacial score (nSPS) is 11.6. The van der Waals surface area contributed by atoms with E-state index in [0.717, 1.165) is 22.9 Å². The van der Waals surface area contributed by atoms with Gasteiger partial charge in [0.15, 0.2) is 0 Å². The summed E-state index contributed by atoms with van der Waals surface area (Å²) < 4.78 is 63.1. The molecule has 12 heteroatoms. The van der Waals surface area contributed by atoms with E-state index >= 15 is 0 Å². The predicted octanol–water partition coefficient (Wildman–Crippen LogP) is 2.86. The zero-order valence-corrected chi connectivity index (χ0v) is 20.1. The molecule has 36 heavy (non-hydrogen) atoms. The standard InChI is InChI=1S/C24H24F3N3O5S/c1-2-3-11-29-14-20(21(31)28-13-16-7-9-17(10-8-16)15-36(34)35)22(32)30(23(29)33)19-6-4-5-18(12-19)24(25,26)27/h4-10,12,14,36H,2-3,11,13,15H2,1H3,(H,28,31). The highest BCUT2D eigenvalue weighted by Gasteiger charge is 2.31. The number of amides is 1. The van der Waals surface area contributed by atoms with Crippen LogP contribution in [-0.2, 0) is 35.7 Å². The summed E-state index contributed by atoms with van der Waals surface area (Å²) in [6, 6.07) is 10.2. The van der Waals surface area contributed by atoms with Crippen molar-refractivity contribution in [3.8, 4) is 5.69 Å². The zero-order chi connectivity index (χ0) is 26.5. The first-order valence-electron chi connectivity index (χ1n) is 11.0. The Kier molecular flexibility index (Phi) is 8.51. The van der Waals surface area contributed by atoms with Gasteiger partial charge in [0.25, 0.3) is 11.5 Å². The number of unbranched alkanes of at least 4 members (excludes halogenated alkanes) is 1. The van der Waals surface area contributed by atoms with E-state index in [9.17, 15) is 36.0 Å². The van der Waals surface area contributed by atoms with E-state index in [1.165, 1.54) is 6.07 Å². The molecule has 0 aliphatic rings. The minimum absolute atomic E-state index is 0.000287. The Balaban J connectivity index is 1.98. The average Bonchev–Trinajstić information content (AvgIpc) is 2.82. The summed E-state index contributed by atoms with van der Waals surface area (Å²) in [5, 5.41) is 2.57. The van der Waals surface area contributed by atoms with Gasteiger partial charge in [-0.1, -0.05) is 43.7 Å². The Hall–Kier alpha value is -3.67. The lowest BCUT2D eigenvalue weighted by Crippen LogP contribution is -2.43. The molecule has 1 heterocycles. The van der Waals surface area contributed by atoms with Crippen molar-refractivity contribution in [1.29, 1.82) is 0 Å². The monoisotopic (exact) mass is 523 g/mol. The van der Waals surface area contributed by atoms with Crippen LogP contribution in [0.2, 0.25) is 0 Å². The molecule has 3 aromatic rings. The van der Waals surface area contributed by atoms with Gasteiger partial charge < -0.3 is 5.32 Å². The first-order chi connectivity index (χ1) is 17.0. The lowest BCUT2D eigenvalue weighted by atomic mass is 10.1. The van der Waals surface area contributed by atoms with Crippen LogP contribution in [0, 0.1) is 0 Å². The third-order valence-electron chi connectivity index (χ3n) is 5.37. The summed E-state index contributed by atoms with van der Waals surface area (Å²) in [5.74, 6) is -0.922. The van der Waals surface area contributed by atoms with E-state index in [4.69, 9.17) is 0 Å². The number of aryl methyl sites for hydroxylation is 1. The van der Waals surface area contributed by atoms with Crippen LogP contribution in [-0.4, -0.2) is 23.5 Å². The number of halogens is 3. The topological polar surface area (TPSA) is 107 Å². The smallest absolute Gasteiger partial charge is 0.348 e. The number of nitrogens with one attached hydrogen (secondary N) is 1.